The minimum absolute atomic E-state index is 0. The van der Waals surface area contributed by atoms with E-state index in [9.17, 15) is 4.79 Å². The Morgan fingerprint density at radius 2 is 2.08 bits per heavy atom. The average Bonchev–Trinajstić information content (AvgIpc) is 3.00. The molecule has 2 N–H and O–H groups in total. The number of nitrogens with one attached hydrogen (secondary N) is 2. The van der Waals surface area contributed by atoms with Crippen molar-refractivity contribution in [2.75, 3.05) is 31.5 Å². The third kappa shape index (κ3) is 3.97. The molecule has 0 radical (unpaired) electrons. The van der Waals surface area contributed by atoms with E-state index in [1.807, 2.05) is 24.3 Å². The van der Waals surface area contributed by atoms with Crippen LogP contribution in [0.15, 0.2) is 24.3 Å². The van der Waals surface area contributed by atoms with Crippen LogP contribution in [0, 0.1) is 0 Å². The molecule has 2 fully saturated rings. The number of hydrogen-bond donors (Lipinski definition) is 2. The smallest absolute Gasteiger partial charge is 0.240 e. The van der Waals surface area contributed by atoms with Crippen LogP contribution in [-0.2, 0) is 4.79 Å². The number of aromatic nitrogens is 1. The number of halogens is 1. The van der Waals surface area contributed by atoms with E-state index >= 15 is 0 Å². The van der Waals surface area contributed by atoms with Gasteiger partial charge in [0, 0.05) is 25.2 Å². The molecule has 1 aromatic heterocycles. The van der Waals surface area contributed by atoms with E-state index in [0.29, 0.717) is 11.7 Å². The summed E-state index contributed by atoms with van der Waals surface area (Å²) >= 11 is 1.54. The topological polar surface area (TPSA) is 57.3 Å². The molecule has 1 saturated carbocycles. The minimum Gasteiger partial charge on any atom is -0.314 e. The number of fused-ring (bicyclic) bond motifs is 1. The van der Waals surface area contributed by atoms with Gasteiger partial charge in [0.25, 0.3) is 0 Å². The minimum atomic E-state index is 0. The van der Waals surface area contributed by atoms with Gasteiger partial charge in [-0.05, 0) is 25.0 Å². The number of piperazine rings is 1. The number of hydrogen-bond acceptors (Lipinski definition) is 5. The Morgan fingerprint density at radius 1 is 1.28 bits per heavy atom. The molecule has 25 heavy (non-hydrogen) atoms. The predicted molar refractivity (Wildman–Crippen MR) is 106 cm³/mol. The number of benzene rings is 1. The van der Waals surface area contributed by atoms with Crippen molar-refractivity contribution >= 4 is 45.0 Å². The first kappa shape index (κ1) is 18.6. The summed E-state index contributed by atoms with van der Waals surface area (Å²) in [6, 6.07) is 7.99. The maximum Gasteiger partial charge on any atom is 0.240 e. The first-order valence-corrected chi connectivity index (χ1v) is 9.68. The molecule has 1 aromatic carbocycles. The predicted octanol–water partition coefficient (Wildman–Crippen LogP) is 3.26. The first-order chi connectivity index (χ1) is 11.8. The summed E-state index contributed by atoms with van der Waals surface area (Å²) in [4.78, 5) is 19.5. The molecule has 2 aliphatic rings. The van der Waals surface area contributed by atoms with E-state index in [0.717, 1.165) is 29.9 Å². The molecule has 2 heterocycles. The van der Waals surface area contributed by atoms with Crippen molar-refractivity contribution in [2.45, 2.75) is 37.6 Å². The Labute approximate surface area is 158 Å². The Bertz CT molecular complexity index is 687. The number of para-hydroxylation sites is 1. The largest absolute Gasteiger partial charge is 0.314 e. The zero-order valence-electron chi connectivity index (χ0n) is 14.3. The van der Waals surface area contributed by atoms with Gasteiger partial charge in [-0.15, -0.1) is 12.4 Å². The van der Waals surface area contributed by atoms with Crippen LogP contribution in [0.3, 0.4) is 0 Å². The molecule has 0 unspecified atom stereocenters. The van der Waals surface area contributed by atoms with Gasteiger partial charge in [0.2, 0.25) is 5.91 Å². The lowest BCUT2D eigenvalue weighted by atomic mass is 9.79. The highest BCUT2D eigenvalue weighted by atomic mass is 35.5. The van der Waals surface area contributed by atoms with Gasteiger partial charge in [-0.1, -0.05) is 42.7 Å². The van der Waals surface area contributed by atoms with Crippen molar-refractivity contribution in [1.82, 2.24) is 15.2 Å². The Morgan fingerprint density at radius 3 is 2.88 bits per heavy atom. The van der Waals surface area contributed by atoms with E-state index in [1.54, 1.807) is 11.3 Å². The fourth-order valence-electron chi connectivity index (χ4n) is 4.09. The number of thiazole rings is 1. The monoisotopic (exact) mass is 380 g/mol. The van der Waals surface area contributed by atoms with Crippen LogP contribution < -0.4 is 10.6 Å². The van der Waals surface area contributed by atoms with Gasteiger partial charge in [-0.2, -0.15) is 0 Å². The van der Waals surface area contributed by atoms with Crippen LogP contribution in [0.5, 0.6) is 0 Å². The molecule has 1 spiro atoms. The first-order valence-electron chi connectivity index (χ1n) is 8.86. The number of carbonyl (C=O) groups is 1. The highest BCUT2D eigenvalue weighted by molar-refractivity contribution is 7.22. The van der Waals surface area contributed by atoms with Gasteiger partial charge < -0.3 is 10.6 Å². The molecule has 1 amide bonds. The Kier molecular flexibility index (Phi) is 5.94. The van der Waals surface area contributed by atoms with Gasteiger partial charge in [-0.3, -0.25) is 9.69 Å². The third-order valence-electron chi connectivity index (χ3n) is 5.34. The Hall–Kier alpha value is -1.21. The van der Waals surface area contributed by atoms with Crippen molar-refractivity contribution in [2.24, 2.45) is 0 Å². The second-order valence-electron chi connectivity index (χ2n) is 6.92. The van der Waals surface area contributed by atoms with E-state index in [1.165, 1.54) is 32.1 Å². The lowest BCUT2D eigenvalue weighted by molar-refractivity contribution is -0.120. The lowest BCUT2D eigenvalue weighted by Crippen LogP contribution is -2.63. The zero-order chi connectivity index (χ0) is 16.4. The molecule has 5 nitrogen and oxygen atoms in total. The van der Waals surface area contributed by atoms with E-state index in [2.05, 4.69) is 20.5 Å². The summed E-state index contributed by atoms with van der Waals surface area (Å²) in [7, 11) is 0. The van der Waals surface area contributed by atoms with Gasteiger partial charge in [-0.25, -0.2) is 4.98 Å². The fraction of sp³-hybridized carbons (Fsp3) is 0.556. The second-order valence-corrected chi connectivity index (χ2v) is 7.95. The summed E-state index contributed by atoms with van der Waals surface area (Å²) in [5.74, 6) is 0.0564. The molecule has 0 atom stereocenters. The quantitative estimate of drug-likeness (QED) is 0.858. The molecular weight excluding hydrogens is 356 g/mol. The second kappa shape index (κ2) is 7.99. The van der Waals surface area contributed by atoms with E-state index in [-0.39, 0.29) is 23.9 Å². The number of rotatable bonds is 3. The fourth-order valence-corrected chi connectivity index (χ4v) is 4.97. The summed E-state index contributed by atoms with van der Waals surface area (Å²) in [5.41, 5.74) is 1.13. The third-order valence-corrected chi connectivity index (χ3v) is 6.29. The molecule has 1 aliphatic heterocycles. The summed E-state index contributed by atoms with van der Waals surface area (Å²) in [5, 5.41) is 7.24. The maximum atomic E-state index is 12.6. The van der Waals surface area contributed by atoms with Crippen LogP contribution in [0.1, 0.15) is 32.1 Å². The van der Waals surface area contributed by atoms with Crippen molar-refractivity contribution in [3.8, 4) is 0 Å². The molecule has 1 saturated heterocycles. The number of amides is 1. The molecule has 136 valence electrons. The van der Waals surface area contributed by atoms with Crippen LogP contribution in [0.4, 0.5) is 5.13 Å². The summed E-state index contributed by atoms with van der Waals surface area (Å²) < 4.78 is 1.11. The zero-order valence-corrected chi connectivity index (χ0v) is 15.9. The van der Waals surface area contributed by atoms with Crippen LogP contribution >= 0.6 is 23.7 Å². The molecule has 2 aromatic rings. The van der Waals surface area contributed by atoms with Gasteiger partial charge in [0.1, 0.15) is 0 Å². The number of carbonyl (C=O) groups excluding carboxylic acids is 1. The van der Waals surface area contributed by atoms with Crippen LogP contribution in [0.2, 0.25) is 0 Å². The van der Waals surface area contributed by atoms with Gasteiger partial charge in [0.05, 0.1) is 16.8 Å². The summed E-state index contributed by atoms with van der Waals surface area (Å²) in [6.45, 7) is 3.41. The molecule has 4 rings (SSSR count). The molecular formula is C18H25ClN4OS. The summed E-state index contributed by atoms with van der Waals surface area (Å²) in [6.07, 6.45) is 6.28. The van der Waals surface area contributed by atoms with Gasteiger partial charge >= 0.3 is 0 Å². The number of nitrogens with zero attached hydrogens (tertiary/aromatic N) is 2. The van der Waals surface area contributed by atoms with Gasteiger partial charge in [0.15, 0.2) is 5.13 Å². The number of anilines is 1. The van der Waals surface area contributed by atoms with Crippen molar-refractivity contribution in [1.29, 1.82) is 0 Å². The van der Waals surface area contributed by atoms with Crippen LogP contribution in [-0.4, -0.2) is 47.5 Å². The standard InChI is InChI=1S/C18H24N4OS.ClH/c23-16(21-17-20-14-6-2-3-7-15(14)24-17)12-22-11-10-19-13-18(22)8-4-1-5-9-18;/h2-3,6-7,19H,1,4-5,8-13H2,(H,20,21,23);1H. The maximum absolute atomic E-state index is 12.6. The molecule has 7 heteroatoms. The SMILES string of the molecule is Cl.O=C(CN1CCNCC12CCCCC2)Nc1nc2ccccc2s1. The highest BCUT2D eigenvalue weighted by Gasteiger charge is 2.40. The highest BCUT2D eigenvalue weighted by Crippen LogP contribution is 2.34. The lowest BCUT2D eigenvalue weighted by Gasteiger charge is -2.49. The van der Waals surface area contributed by atoms with E-state index < -0.39 is 0 Å². The average molecular weight is 381 g/mol. The Balaban J connectivity index is 0.00000182. The molecule has 1 aliphatic carbocycles. The van der Waals surface area contributed by atoms with Crippen molar-refractivity contribution in [3.05, 3.63) is 24.3 Å². The van der Waals surface area contributed by atoms with Crippen molar-refractivity contribution < 1.29 is 4.79 Å². The molecule has 0 bridgehead atoms. The van der Waals surface area contributed by atoms with Crippen LogP contribution in [0.25, 0.3) is 10.2 Å². The van der Waals surface area contributed by atoms with E-state index in [4.69, 9.17) is 0 Å². The normalized spacial score (nSPS) is 20.3. The van der Waals surface area contributed by atoms with Crippen molar-refractivity contribution in [3.63, 3.8) is 0 Å².